The minimum atomic E-state index is -4.31. The van der Waals surface area contributed by atoms with E-state index in [0.717, 1.165) is 0 Å². The van der Waals surface area contributed by atoms with Gasteiger partial charge in [0.1, 0.15) is 0 Å². The third-order valence-corrected chi connectivity index (χ3v) is 14.3. The van der Waals surface area contributed by atoms with Gasteiger partial charge in [-0.25, -0.2) is 4.31 Å². The average Bonchev–Trinajstić information content (AvgIpc) is 2.54. The quantitative estimate of drug-likeness (QED) is 0.207. The van der Waals surface area contributed by atoms with Crippen LogP contribution in [0.25, 0.3) is 0 Å². The van der Waals surface area contributed by atoms with E-state index >= 15 is 0 Å². The Kier molecular flexibility index (Phi) is 14.2. The molecule has 176 valence electrons. The number of rotatable bonds is 18. The van der Waals surface area contributed by atoms with Gasteiger partial charge in [0.25, 0.3) is 0 Å². The second kappa shape index (κ2) is 13.9. The zero-order valence-electron chi connectivity index (χ0n) is 17.9. The maximum absolute atomic E-state index is 13.3. The lowest BCUT2D eigenvalue weighted by molar-refractivity contribution is 0.213. The predicted octanol–water partition coefficient (Wildman–Crippen LogP) is 5.91. The monoisotopic (exact) mass is 502 g/mol. The molecule has 0 saturated heterocycles. The van der Waals surface area contributed by atoms with Crippen LogP contribution >= 0.6 is 30.4 Å². The zero-order chi connectivity index (χ0) is 22.6. The molecule has 0 aromatic carbocycles. The summed E-state index contributed by atoms with van der Waals surface area (Å²) in [5.41, 5.74) is 0. The SMILES string of the molecule is CCOP(=O)(CP(=O)(OCC)OP(=O)(CP(=O)(OCC)OCC)OCC)OCC. The Morgan fingerprint density at radius 2 is 0.621 bits per heavy atom. The van der Waals surface area contributed by atoms with Gasteiger partial charge < -0.3 is 27.1 Å². The Bertz CT molecular complexity index is 579. The second-order valence-corrected chi connectivity index (χ2v) is 14.7. The van der Waals surface area contributed by atoms with Gasteiger partial charge in [0, 0.05) is 0 Å². The molecule has 0 rings (SSSR count). The molecule has 0 aliphatic rings. The van der Waals surface area contributed by atoms with Gasteiger partial charge in [-0.1, -0.05) is 0 Å². The van der Waals surface area contributed by atoms with Crippen molar-refractivity contribution in [2.24, 2.45) is 0 Å². The van der Waals surface area contributed by atoms with Gasteiger partial charge >= 0.3 is 30.4 Å². The van der Waals surface area contributed by atoms with Gasteiger partial charge in [0.2, 0.25) is 0 Å². The maximum Gasteiger partial charge on any atom is 0.349 e. The van der Waals surface area contributed by atoms with E-state index in [1.807, 2.05) is 0 Å². The van der Waals surface area contributed by atoms with Crippen LogP contribution in [0.1, 0.15) is 41.5 Å². The van der Waals surface area contributed by atoms with Crippen LogP contribution in [-0.2, 0) is 49.7 Å². The van der Waals surface area contributed by atoms with Gasteiger partial charge in [0.15, 0.2) is 11.8 Å². The number of hydrogen-bond donors (Lipinski definition) is 0. The third kappa shape index (κ3) is 11.2. The first-order valence-corrected chi connectivity index (χ1v) is 16.3. The molecule has 0 aromatic rings. The van der Waals surface area contributed by atoms with Gasteiger partial charge in [-0.3, -0.25) is 18.3 Å². The summed E-state index contributed by atoms with van der Waals surface area (Å²) in [5, 5.41) is 0. The lowest BCUT2D eigenvalue weighted by Gasteiger charge is -2.28. The third-order valence-electron chi connectivity index (χ3n) is 2.90. The van der Waals surface area contributed by atoms with Crippen molar-refractivity contribution < 1.29 is 49.7 Å². The summed E-state index contributed by atoms with van der Waals surface area (Å²) in [6, 6.07) is 0. The molecule has 0 aromatic heterocycles. The average molecular weight is 502 g/mol. The second-order valence-electron chi connectivity index (χ2n) is 5.31. The van der Waals surface area contributed by atoms with Gasteiger partial charge in [-0.15, -0.1) is 0 Å². The summed E-state index contributed by atoms with van der Waals surface area (Å²) in [7, 11) is -16.4. The molecule has 0 spiro atoms. The van der Waals surface area contributed by atoms with Crippen LogP contribution in [0.3, 0.4) is 0 Å². The fourth-order valence-electron chi connectivity index (χ4n) is 2.21. The summed E-state index contributed by atoms with van der Waals surface area (Å²) in [6.07, 6.45) is 0. The predicted molar refractivity (Wildman–Crippen MR) is 111 cm³/mol. The summed E-state index contributed by atoms with van der Waals surface area (Å²) < 4.78 is 88.3. The molecule has 2 unspecified atom stereocenters. The van der Waals surface area contributed by atoms with Crippen molar-refractivity contribution in [3.63, 3.8) is 0 Å². The smallest absolute Gasteiger partial charge is 0.308 e. The highest BCUT2D eigenvalue weighted by molar-refractivity contribution is 7.79. The highest BCUT2D eigenvalue weighted by atomic mass is 31.3. The Hall–Kier alpha value is 0.640. The van der Waals surface area contributed by atoms with E-state index in [-0.39, 0.29) is 39.6 Å². The summed E-state index contributed by atoms with van der Waals surface area (Å²) in [6.45, 7) is 9.30. The molecule has 0 heterocycles. The largest absolute Gasteiger partial charge is 0.349 e. The maximum atomic E-state index is 13.3. The van der Waals surface area contributed by atoms with E-state index in [2.05, 4.69) is 0 Å². The van der Waals surface area contributed by atoms with Crippen molar-refractivity contribution in [3.8, 4) is 0 Å². The first kappa shape index (κ1) is 29.6. The molecular weight excluding hydrogens is 468 g/mol. The van der Waals surface area contributed by atoms with Crippen molar-refractivity contribution in [1.29, 1.82) is 0 Å². The summed E-state index contributed by atoms with van der Waals surface area (Å²) >= 11 is 0. The van der Waals surface area contributed by atoms with Crippen molar-refractivity contribution >= 4 is 30.4 Å². The highest BCUT2D eigenvalue weighted by Crippen LogP contribution is 2.74. The Balaban J connectivity index is 5.89. The van der Waals surface area contributed by atoms with Crippen LogP contribution in [0.4, 0.5) is 0 Å². The molecule has 2 atom stereocenters. The van der Waals surface area contributed by atoms with Crippen LogP contribution in [0.15, 0.2) is 0 Å². The van der Waals surface area contributed by atoms with Crippen LogP contribution in [-0.4, -0.2) is 51.4 Å². The summed E-state index contributed by atoms with van der Waals surface area (Å²) in [4.78, 5) is 0. The molecule has 0 aliphatic heterocycles. The molecule has 0 N–H and O–H groups in total. The summed E-state index contributed by atoms with van der Waals surface area (Å²) in [5.74, 6) is -1.56. The normalized spacial score (nSPS) is 17.0. The Labute approximate surface area is 173 Å². The fourth-order valence-corrected chi connectivity index (χ4v) is 13.3. The number of hydrogen-bond acceptors (Lipinski definition) is 11. The van der Waals surface area contributed by atoms with E-state index in [9.17, 15) is 18.3 Å². The lowest BCUT2D eigenvalue weighted by atomic mass is 10.9. The molecular formula is C14H34O11P4. The minimum absolute atomic E-state index is 0.0242. The molecule has 0 radical (unpaired) electrons. The lowest BCUT2D eigenvalue weighted by Crippen LogP contribution is -2.09. The van der Waals surface area contributed by atoms with E-state index in [4.69, 9.17) is 31.5 Å². The van der Waals surface area contributed by atoms with Crippen LogP contribution < -0.4 is 0 Å². The van der Waals surface area contributed by atoms with Gasteiger partial charge in [-0.2, -0.15) is 0 Å². The van der Waals surface area contributed by atoms with Gasteiger partial charge in [0.05, 0.1) is 39.6 Å². The van der Waals surface area contributed by atoms with Crippen molar-refractivity contribution in [3.05, 3.63) is 0 Å². The standard InChI is InChI=1S/C14H34O11P4/c1-7-19-26(15,20-8-2)13-28(17,23-11-5)25-29(18,24-12-6)14-27(16,21-9-3)22-10-4/h7-14H2,1-6H3. The molecule has 0 fully saturated rings. The molecule has 15 heteroatoms. The Morgan fingerprint density at radius 3 is 0.828 bits per heavy atom. The molecule has 0 amide bonds. The topological polar surface area (TPSA) is 133 Å². The first-order chi connectivity index (χ1) is 13.5. The van der Waals surface area contributed by atoms with Crippen molar-refractivity contribution in [2.75, 3.05) is 51.4 Å². The van der Waals surface area contributed by atoms with Crippen LogP contribution in [0.2, 0.25) is 0 Å². The highest BCUT2D eigenvalue weighted by Gasteiger charge is 2.47. The molecule has 0 bridgehead atoms. The van der Waals surface area contributed by atoms with Crippen molar-refractivity contribution in [2.45, 2.75) is 41.5 Å². The molecule has 29 heavy (non-hydrogen) atoms. The van der Waals surface area contributed by atoms with E-state index in [0.29, 0.717) is 0 Å². The van der Waals surface area contributed by atoms with E-state index in [1.54, 1.807) is 27.7 Å². The van der Waals surface area contributed by atoms with Crippen LogP contribution in [0, 0.1) is 0 Å². The fraction of sp³-hybridized carbons (Fsp3) is 1.00. The van der Waals surface area contributed by atoms with E-state index in [1.165, 1.54) is 13.8 Å². The van der Waals surface area contributed by atoms with Gasteiger partial charge in [-0.05, 0) is 41.5 Å². The first-order valence-electron chi connectivity index (χ1n) is 9.43. The Morgan fingerprint density at radius 1 is 0.414 bits per heavy atom. The van der Waals surface area contributed by atoms with Crippen LogP contribution in [0.5, 0.6) is 0 Å². The van der Waals surface area contributed by atoms with E-state index < -0.39 is 42.2 Å². The minimum Gasteiger partial charge on any atom is -0.308 e. The molecule has 0 aliphatic carbocycles. The van der Waals surface area contributed by atoms with Crippen molar-refractivity contribution in [1.82, 2.24) is 0 Å². The molecule has 11 nitrogen and oxygen atoms in total. The molecule has 0 saturated carbocycles. The zero-order valence-corrected chi connectivity index (χ0v) is 21.5.